The molecule has 7 nitrogen and oxygen atoms in total. The van der Waals surface area contributed by atoms with Crippen LogP contribution in [0.3, 0.4) is 0 Å². The van der Waals surface area contributed by atoms with Gasteiger partial charge in [0.15, 0.2) is 6.33 Å². The van der Waals surface area contributed by atoms with Gasteiger partial charge in [0.25, 0.3) is 0 Å². The molecule has 1 heterocycles. The maximum absolute atomic E-state index is 11.8. The average molecular weight is 328 g/mol. The Morgan fingerprint density at radius 3 is 2.86 bits per heavy atom. The number of nitrogens with zero attached hydrogens (tertiary/aromatic N) is 2. The molecule has 0 atom stereocenters. The number of sulfonamides is 1. The standard InChI is InChI=1S/C12H16N4O3S2/c13-10-3-1-2-4-11(10)20-7-8-21(17,18)16-6-5-12-14-9-15-19-12/h1-4,9,16H,5-8,13H2. The summed E-state index contributed by atoms with van der Waals surface area (Å²) in [6, 6.07) is 7.38. The Kier molecular flexibility index (Phi) is 5.59. The highest BCUT2D eigenvalue weighted by Gasteiger charge is 2.11. The van der Waals surface area contributed by atoms with Crippen LogP contribution < -0.4 is 10.5 Å². The SMILES string of the molecule is Nc1ccccc1SCCS(=O)(=O)NCCc1ncno1. The molecule has 21 heavy (non-hydrogen) atoms. The Morgan fingerprint density at radius 2 is 2.14 bits per heavy atom. The molecule has 0 radical (unpaired) electrons. The normalized spacial score (nSPS) is 11.6. The van der Waals surface area contributed by atoms with Crippen molar-refractivity contribution in [3.8, 4) is 0 Å². The summed E-state index contributed by atoms with van der Waals surface area (Å²) in [6.07, 6.45) is 1.66. The summed E-state index contributed by atoms with van der Waals surface area (Å²) in [4.78, 5) is 4.70. The van der Waals surface area contributed by atoms with E-state index in [2.05, 4.69) is 14.9 Å². The predicted molar refractivity (Wildman–Crippen MR) is 81.4 cm³/mol. The summed E-state index contributed by atoms with van der Waals surface area (Å²) >= 11 is 1.42. The summed E-state index contributed by atoms with van der Waals surface area (Å²) in [6.45, 7) is 0.239. The molecule has 2 rings (SSSR count). The number of hydrogen-bond donors (Lipinski definition) is 2. The first-order chi connectivity index (χ1) is 10.1. The lowest BCUT2D eigenvalue weighted by atomic mass is 10.3. The number of benzene rings is 1. The quantitative estimate of drug-likeness (QED) is 0.547. The van der Waals surface area contributed by atoms with Crippen molar-refractivity contribution < 1.29 is 12.9 Å². The van der Waals surface area contributed by atoms with Crippen LogP contribution in [0, 0.1) is 0 Å². The molecule has 0 aliphatic carbocycles. The zero-order chi connectivity index (χ0) is 15.1. The van der Waals surface area contributed by atoms with Gasteiger partial charge in [-0.15, -0.1) is 11.8 Å². The van der Waals surface area contributed by atoms with Crippen molar-refractivity contribution in [2.45, 2.75) is 11.3 Å². The van der Waals surface area contributed by atoms with Gasteiger partial charge in [-0.05, 0) is 12.1 Å². The van der Waals surface area contributed by atoms with E-state index in [1.165, 1.54) is 18.1 Å². The molecule has 0 saturated carbocycles. The van der Waals surface area contributed by atoms with E-state index < -0.39 is 10.0 Å². The molecular formula is C12H16N4O3S2. The Labute approximate surface area is 127 Å². The highest BCUT2D eigenvalue weighted by atomic mass is 32.2. The Bertz CT molecular complexity index is 659. The molecule has 0 saturated heterocycles. The lowest BCUT2D eigenvalue weighted by molar-refractivity contribution is 0.377. The van der Waals surface area contributed by atoms with E-state index in [9.17, 15) is 8.42 Å². The van der Waals surface area contributed by atoms with E-state index in [-0.39, 0.29) is 12.3 Å². The molecule has 0 amide bonds. The highest BCUT2D eigenvalue weighted by Crippen LogP contribution is 2.24. The number of nitrogens with two attached hydrogens (primary N) is 1. The third kappa shape index (κ3) is 5.37. The molecular weight excluding hydrogens is 312 g/mol. The minimum absolute atomic E-state index is 0.0236. The second-order valence-corrected chi connectivity index (χ2v) is 7.25. The minimum atomic E-state index is -3.32. The van der Waals surface area contributed by atoms with E-state index in [1.54, 1.807) is 6.07 Å². The lowest BCUT2D eigenvalue weighted by Crippen LogP contribution is -2.29. The van der Waals surface area contributed by atoms with Gasteiger partial charge in [-0.25, -0.2) is 13.1 Å². The molecule has 1 aromatic heterocycles. The Morgan fingerprint density at radius 1 is 1.33 bits per heavy atom. The fraction of sp³-hybridized carbons (Fsp3) is 0.333. The van der Waals surface area contributed by atoms with E-state index in [0.29, 0.717) is 23.8 Å². The molecule has 0 unspecified atom stereocenters. The highest BCUT2D eigenvalue weighted by molar-refractivity contribution is 8.00. The van der Waals surface area contributed by atoms with Crippen molar-refractivity contribution in [2.75, 3.05) is 23.8 Å². The smallest absolute Gasteiger partial charge is 0.227 e. The molecule has 9 heteroatoms. The van der Waals surface area contributed by atoms with Crippen LogP contribution in [0.4, 0.5) is 5.69 Å². The molecule has 0 bridgehead atoms. The van der Waals surface area contributed by atoms with Gasteiger partial charge in [0.2, 0.25) is 15.9 Å². The van der Waals surface area contributed by atoms with Crippen molar-refractivity contribution >= 4 is 27.5 Å². The van der Waals surface area contributed by atoms with Crippen LogP contribution in [0.5, 0.6) is 0 Å². The third-order valence-corrected chi connectivity index (χ3v) is 5.33. The summed E-state index contributed by atoms with van der Waals surface area (Å²) in [5.74, 6) is 0.865. The summed E-state index contributed by atoms with van der Waals surface area (Å²) < 4.78 is 30.9. The summed E-state index contributed by atoms with van der Waals surface area (Å²) in [5.41, 5.74) is 6.45. The number of hydrogen-bond acceptors (Lipinski definition) is 7. The van der Waals surface area contributed by atoms with Crippen molar-refractivity contribution in [3.05, 3.63) is 36.5 Å². The molecule has 0 aliphatic rings. The zero-order valence-electron chi connectivity index (χ0n) is 11.2. The first kappa shape index (κ1) is 15.8. The molecule has 1 aromatic carbocycles. The van der Waals surface area contributed by atoms with E-state index in [1.807, 2.05) is 18.2 Å². The average Bonchev–Trinajstić information content (AvgIpc) is 2.94. The van der Waals surface area contributed by atoms with Crippen LogP contribution in [-0.4, -0.2) is 36.6 Å². The number of nitrogens with one attached hydrogen (secondary N) is 1. The lowest BCUT2D eigenvalue weighted by Gasteiger charge is -2.07. The van der Waals surface area contributed by atoms with Crippen LogP contribution in [0.15, 0.2) is 40.0 Å². The van der Waals surface area contributed by atoms with Crippen LogP contribution >= 0.6 is 11.8 Å². The Hall–Kier alpha value is -1.58. The number of nitrogen functional groups attached to an aromatic ring is 1. The van der Waals surface area contributed by atoms with E-state index >= 15 is 0 Å². The van der Waals surface area contributed by atoms with Gasteiger partial charge in [-0.1, -0.05) is 17.3 Å². The van der Waals surface area contributed by atoms with Gasteiger partial charge in [-0.2, -0.15) is 4.98 Å². The van der Waals surface area contributed by atoms with Gasteiger partial charge in [0.1, 0.15) is 0 Å². The molecule has 0 spiro atoms. The van der Waals surface area contributed by atoms with Gasteiger partial charge in [0, 0.05) is 29.3 Å². The fourth-order valence-corrected chi connectivity index (χ4v) is 3.96. The fourth-order valence-electron chi connectivity index (χ4n) is 1.57. The maximum atomic E-state index is 11.8. The number of para-hydroxylation sites is 1. The van der Waals surface area contributed by atoms with Crippen LogP contribution in [0.2, 0.25) is 0 Å². The first-order valence-electron chi connectivity index (χ1n) is 6.27. The van der Waals surface area contributed by atoms with Crippen molar-refractivity contribution in [3.63, 3.8) is 0 Å². The minimum Gasteiger partial charge on any atom is -0.398 e. The summed E-state index contributed by atoms with van der Waals surface area (Å²) in [5, 5.41) is 3.45. The van der Waals surface area contributed by atoms with Crippen LogP contribution in [-0.2, 0) is 16.4 Å². The third-order valence-electron chi connectivity index (χ3n) is 2.60. The summed E-state index contributed by atoms with van der Waals surface area (Å²) in [7, 11) is -3.32. The van der Waals surface area contributed by atoms with Gasteiger partial charge >= 0.3 is 0 Å². The number of rotatable bonds is 8. The second kappa shape index (κ2) is 7.43. The Balaban J connectivity index is 1.72. The molecule has 0 aliphatic heterocycles. The zero-order valence-corrected chi connectivity index (χ0v) is 12.9. The molecule has 3 N–H and O–H groups in total. The van der Waals surface area contributed by atoms with Crippen molar-refractivity contribution in [1.29, 1.82) is 0 Å². The first-order valence-corrected chi connectivity index (χ1v) is 8.91. The van der Waals surface area contributed by atoms with E-state index in [4.69, 9.17) is 10.3 Å². The second-order valence-electron chi connectivity index (χ2n) is 4.18. The number of thioether (sulfide) groups is 1. The van der Waals surface area contributed by atoms with Gasteiger partial charge < -0.3 is 10.3 Å². The molecule has 2 aromatic rings. The predicted octanol–water partition coefficient (Wildman–Crippen LogP) is 0.906. The molecule has 0 fully saturated rings. The topological polar surface area (TPSA) is 111 Å². The number of aromatic nitrogens is 2. The number of anilines is 1. The van der Waals surface area contributed by atoms with Crippen molar-refractivity contribution in [1.82, 2.24) is 14.9 Å². The van der Waals surface area contributed by atoms with Crippen LogP contribution in [0.25, 0.3) is 0 Å². The van der Waals surface area contributed by atoms with Crippen LogP contribution in [0.1, 0.15) is 5.89 Å². The van der Waals surface area contributed by atoms with Crippen molar-refractivity contribution in [2.24, 2.45) is 0 Å². The molecule has 114 valence electrons. The monoisotopic (exact) mass is 328 g/mol. The maximum Gasteiger partial charge on any atom is 0.227 e. The van der Waals surface area contributed by atoms with Gasteiger partial charge in [0.05, 0.1) is 5.75 Å². The largest absolute Gasteiger partial charge is 0.398 e. The van der Waals surface area contributed by atoms with Gasteiger partial charge in [-0.3, -0.25) is 0 Å². The van der Waals surface area contributed by atoms with E-state index in [0.717, 1.165) is 4.90 Å².